The molecule has 0 saturated carbocycles. The summed E-state index contributed by atoms with van der Waals surface area (Å²) in [7, 11) is 2.12. The van der Waals surface area contributed by atoms with E-state index in [1.165, 1.54) is 0 Å². The number of rotatable bonds is 11. The number of carbonyl (C=O) groups is 2. The number of nitrogens with two attached hydrogens (primary N) is 1. The van der Waals surface area contributed by atoms with E-state index in [1.54, 1.807) is 24.5 Å². The van der Waals surface area contributed by atoms with Crippen molar-refractivity contribution in [1.82, 2.24) is 14.8 Å². The summed E-state index contributed by atoms with van der Waals surface area (Å²) in [6.07, 6.45) is 3.45. The highest BCUT2D eigenvalue weighted by molar-refractivity contribution is 5.94. The molecule has 1 aliphatic heterocycles. The van der Waals surface area contributed by atoms with Crippen LogP contribution in [0.15, 0.2) is 97.3 Å². The van der Waals surface area contributed by atoms with Crippen molar-refractivity contribution < 1.29 is 14.3 Å². The molecular formula is C35H40N6O3. The number of likely N-dealkylation sites (N-methyl/N-ethyl adjacent to an activating group) is 1. The van der Waals surface area contributed by atoms with Crippen molar-refractivity contribution >= 4 is 23.4 Å². The van der Waals surface area contributed by atoms with Gasteiger partial charge in [-0.05, 0) is 72.6 Å². The Hall–Kier alpha value is -4.73. The second-order valence-corrected chi connectivity index (χ2v) is 11.0. The first-order valence-electron chi connectivity index (χ1n) is 15.0. The average molecular weight is 593 g/mol. The van der Waals surface area contributed by atoms with Gasteiger partial charge in [-0.25, -0.2) is 4.79 Å². The van der Waals surface area contributed by atoms with Gasteiger partial charge in [-0.2, -0.15) is 0 Å². The molecule has 1 aromatic heterocycles. The van der Waals surface area contributed by atoms with Crippen LogP contribution in [0.1, 0.15) is 27.9 Å². The molecule has 9 nitrogen and oxygen atoms in total. The molecule has 0 unspecified atom stereocenters. The molecular weight excluding hydrogens is 552 g/mol. The number of nitrogens with zero attached hydrogens (tertiary/aromatic N) is 4. The summed E-state index contributed by atoms with van der Waals surface area (Å²) < 4.78 is 5.56. The first-order valence-corrected chi connectivity index (χ1v) is 15.0. The number of nitrogens with one attached hydrogen (secondary N) is 1. The van der Waals surface area contributed by atoms with Crippen LogP contribution in [0, 0.1) is 0 Å². The third-order valence-corrected chi connectivity index (χ3v) is 7.75. The Kier molecular flexibility index (Phi) is 10.6. The molecule has 0 spiro atoms. The Balaban J connectivity index is 1.38. The highest BCUT2D eigenvalue weighted by Crippen LogP contribution is 2.33. The van der Waals surface area contributed by atoms with Gasteiger partial charge in [0, 0.05) is 51.7 Å². The van der Waals surface area contributed by atoms with E-state index in [0.29, 0.717) is 37.3 Å². The van der Waals surface area contributed by atoms with Gasteiger partial charge in [-0.15, -0.1) is 0 Å². The number of hydrogen-bond donors (Lipinski definition) is 2. The monoisotopic (exact) mass is 592 g/mol. The van der Waals surface area contributed by atoms with Gasteiger partial charge in [0.15, 0.2) is 0 Å². The first-order chi connectivity index (χ1) is 21.5. The predicted molar refractivity (Wildman–Crippen MR) is 174 cm³/mol. The Labute approximate surface area is 259 Å². The van der Waals surface area contributed by atoms with Crippen molar-refractivity contribution in [1.29, 1.82) is 0 Å². The minimum absolute atomic E-state index is 0.0750. The molecule has 3 N–H and O–H groups in total. The van der Waals surface area contributed by atoms with Gasteiger partial charge in [0.1, 0.15) is 6.61 Å². The van der Waals surface area contributed by atoms with E-state index < -0.39 is 6.09 Å². The van der Waals surface area contributed by atoms with Crippen LogP contribution < -0.4 is 16.0 Å². The van der Waals surface area contributed by atoms with E-state index in [2.05, 4.69) is 45.3 Å². The van der Waals surface area contributed by atoms with Crippen LogP contribution in [0.25, 0.3) is 11.1 Å². The van der Waals surface area contributed by atoms with Gasteiger partial charge in [0.25, 0.3) is 5.91 Å². The van der Waals surface area contributed by atoms with Crippen LogP contribution >= 0.6 is 0 Å². The van der Waals surface area contributed by atoms with Crippen molar-refractivity contribution in [2.24, 2.45) is 5.73 Å². The van der Waals surface area contributed by atoms with Gasteiger partial charge < -0.3 is 25.2 Å². The maximum Gasteiger partial charge on any atom is 0.412 e. The van der Waals surface area contributed by atoms with Crippen molar-refractivity contribution in [2.45, 2.75) is 19.6 Å². The van der Waals surface area contributed by atoms with Crippen LogP contribution in [0.5, 0.6) is 0 Å². The minimum atomic E-state index is -0.500. The Morgan fingerprint density at radius 1 is 0.909 bits per heavy atom. The average Bonchev–Trinajstić information content (AvgIpc) is 3.07. The molecule has 0 radical (unpaired) electrons. The van der Waals surface area contributed by atoms with Gasteiger partial charge in [-0.1, -0.05) is 54.6 Å². The van der Waals surface area contributed by atoms with Crippen molar-refractivity contribution in [3.63, 3.8) is 0 Å². The molecule has 228 valence electrons. The zero-order valence-corrected chi connectivity index (χ0v) is 25.2. The number of hydrogen-bond acceptors (Lipinski definition) is 7. The van der Waals surface area contributed by atoms with E-state index in [1.807, 2.05) is 59.5 Å². The van der Waals surface area contributed by atoms with E-state index in [0.717, 1.165) is 54.1 Å². The second kappa shape index (κ2) is 15.1. The zero-order valence-electron chi connectivity index (χ0n) is 25.2. The van der Waals surface area contributed by atoms with E-state index in [9.17, 15) is 9.59 Å². The number of piperazine rings is 1. The van der Waals surface area contributed by atoms with Crippen LogP contribution in [0.4, 0.5) is 16.2 Å². The quantitative estimate of drug-likeness (QED) is 0.246. The highest BCUT2D eigenvalue weighted by atomic mass is 16.5. The van der Waals surface area contributed by atoms with Gasteiger partial charge in [-0.3, -0.25) is 15.1 Å². The van der Waals surface area contributed by atoms with E-state index >= 15 is 0 Å². The third-order valence-electron chi connectivity index (χ3n) is 7.75. The normalized spacial score (nSPS) is 13.4. The third kappa shape index (κ3) is 8.21. The molecule has 1 fully saturated rings. The maximum absolute atomic E-state index is 13.3. The summed E-state index contributed by atoms with van der Waals surface area (Å²) in [5, 5.41) is 3.02. The molecule has 5 rings (SSSR count). The smallest absolute Gasteiger partial charge is 0.412 e. The van der Waals surface area contributed by atoms with Crippen LogP contribution in [0.3, 0.4) is 0 Å². The molecule has 9 heteroatoms. The number of ether oxygens (including phenoxy) is 1. The number of benzene rings is 3. The van der Waals surface area contributed by atoms with Gasteiger partial charge in [0.2, 0.25) is 0 Å². The van der Waals surface area contributed by atoms with Crippen molar-refractivity contribution in [3.8, 4) is 11.1 Å². The van der Waals surface area contributed by atoms with Gasteiger partial charge >= 0.3 is 6.09 Å². The lowest BCUT2D eigenvalue weighted by Gasteiger charge is -2.35. The molecule has 4 aromatic rings. The second-order valence-electron chi connectivity index (χ2n) is 11.0. The molecule has 0 bridgehead atoms. The molecule has 44 heavy (non-hydrogen) atoms. The maximum atomic E-state index is 13.3. The molecule has 1 aliphatic rings. The summed E-state index contributed by atoms with van der Waals surface area (Å²) in [5.41, 5.74) is 11.9. The standard InChI is InChI=1S/C35H40N6O3/c1-39-18-20-40(21-19-39)33-14-13-30(23-32(33)38-35(43)44-26-27-8-3-2-4-9-27)29-11-5-10-28(22-29)25-41(17-7-15-36)34(42)31-12-6-16-37-24-31/h2-6,8-14,16,22-24H,7,15,17-21,25-26,36H2,1H3,(H,38,43). The highest BCUT2D eigenvalue weighted by Gasteiger charge is 2.20. The number of anilines is 2. The summed E-state index contributed by atoms with van der Waals surface area (Å²) in [5.74, 6) is -0.0750. The fraction of sp³-hybridized carbons (Fsp3) is 0.286. The molecule has 0 aliphatic carbocycles. The molecule has 0 atom stereocenters. The van der Waals surface area contributed by atoms with Crippen molar-refractivity contribution in [2.75, 3.05) is 56.5 Å². The Bertz CT molecular complexity index is 1520. The zero-order chi connectivity index (χ0) is 30.7. The van der Waals surface area contributed by atoms with E-state index in [4.69, 9.17) is 10.5 Å². The lowest BCUT2D eigenvalue weighted by molar-refractivity contribution is 0.0741. The predicted octanol–water partition coefficient (Wildman–Crippen LogP) is 5.24. The summed E-state index contributed by atoms with van der Waals surface area (Å²) in [6.45, 7) is 5.30. The number of carbonyl (C=O) groups excluding carboxylic acids is 2. The summed E-state index contributed by atoms with van der Waals surface area (Å²) in [6, 6.07) is 27.5. The topological polar surface area (TPSA) is 104 Å². The van der Waals surface area contributed by atoms with E-state index in [-0.39, 0.29) is 12.5 Å². The Morgan fingerprint density at radius 3 is 2.43 bits per heavy atom. The van der Waals surface area contributed by atoms with Crippen molar-refractivity contribution in [3.05, 3.63) is 114 Å². The number of amides is 2. The fourth-order valence-corrected chi connectivity index (χ4v) is 5.28. The molecule has 2 heterocycles. The SMILES string of the molecule is CN1CCN(c2ccc(-c3cccc(CN(CCCN)C(=O)c4cccnc4)c3)cc2NC(=O)OCc2ccccc2)CC1. The molecule has 1 saturated heterocycles. The first kappa shape index (κ1) is 30.7. The molecule has 2 amide bonds. The fourth-order valence-electron chi connectivity index (χ4n) is 5.28. The number of aromatic nitrogens is 1. The largest absolute Gasteiger partial charge is 0.444 e. The van der Waals surface area contributed by atoms with Crippen LogP contribution in [-0.4, -0.2) is 73.1 Å². The van der Waals surface area contributed by atoms with Crippen LogP contribution in [-0.2, 0) is 17.9 Å². The minimum Gasteiger partial charge on any atom is -0.444 e. The number of pyridine rings is 1. The lowest BCUT2D eigenvalue weighted by Crippen LogP contribution is -2.44. The van der Waals surface area contributed by atoms with Gasteiger partial charge in [0.05, 0.1) is 16.9 Å². The lowest BCUT2D eigenvalue weighted by atomic mass is 10.0. The summed E-state index contributed by atoms with van der Waals surface area (Å²) in [4.78, 5) is 36.8. The van der Waals surface area contributed by atoms with Crippen LogP contribution in [0.2, 0.25) is 0 Å². The summed E-state index contributed by atoms with van der Waals surface area (Å²) >= 11 is 0. The molecule has 3 aromatic carbocycles. The Morgan fingerprint density at radius 2 is 1.68 bits per heavy atom.